The lowest BCUT2D eigenvalue weighted by molar-refractivity contribution is -0.126. The molecule has 7 atom stereocenters. The molecular weight excluding hydrogens is 328 g/mol. The fraction of sp³-hybridized carbons (Fsp3) is 0.864. The number of aliphatic hydroxyl groups is 1. The van der Waals surface area contributed by atoms with Gasteiger partial charge in [0.25, 0.3) is 0 Å². The highest BCUT2D eigenvalue weighted by atomic mass is 32.2. The number of ketones is 1. The smallest absolute Gasteiger partial charge is 0.146 e. The zero-order valence-electron chi connectivity index (χ0n) is 16.1. The Morgan fingerprint density at radius 3 is 2.76 bits per heavy atom. The SMILES string of the molecule is CSCC(=O)[C@H]1CC[C@H]2[C@@H]3CC=C4C[C@@](C)(O)CC[C@@H]4[C@H]3CC[C@]12C. The van der Waals surface area contributed by atoms with Gasteiger partial charge in [-0.2, -0.15) is 11.8 Å². The highest BCUT2D eigenvalue weighted by molar-refractivity contribution is 7.99. The fourth-order valence-corrected chi connectivity index (χ4v) is 7.72. The second-order valence-electron chi connectivity index (χ2n) is 9.84. The quantitative estimate of drug-likeness (QED) is 0.729. The highest BCUT2D eigenvalue weighted by Crippen LogP contribution is 2.63. The zero-order valence-corrected chi connectivity index (χ0v) is 16.9. The van der Waals surface area contributed by atoms with E-state index in [0.29, 0.717) is 23.4 Å². The van der Waals surface area contributed by atoms with Gasteiger partial charge in [-0.05, 0) is 93.6 Å². The third-order valence-electron chi connectivity index (χ3n) is 8.39. The summed E-state index contributed by atoms with van der Waals surface area (Å²) in [6, 6.07) is 0. The molecule has 0 spiro atoms. The summed E-state index contributed by atoms with van der Waals surface area (Å²) in [5.41, 5.74) is 1.31. The summed E-state index contributed by atoms with van der Waals surface area (Å²) in [5, 5.41) is 10.5. The summed E-state index contributed by atoms with van der Waals surface area (Å²) < 4.78 is 0. The van der Waals surface area contributed by atoms with Crippen LogP contribution in [-0.4, -0.2) is 28.5 Å². The topological polar surface area (TPSA) is 37.3 Å². The molecular formula is C22H34O2S. The average molecular weight is 363 g/mol. The van der Waals surface area contributed by atoms with Crippen molar-refractivity contribution in [1.29, 1.82) is 0 Å². The van der Waals surface area contributed by atoms with Crippen LogP contribution < -0.4 is 0 Å². The molecule has 0 saturated heterocycles. The first-order valence-corrected chi connectivity index (χ1v) is 11.7. The van der Waals surface area contributed by atoms with Crippen molar-refractivity contribution < 1.29 is 9.90 Å². The van der Waals surface area contributed by atoms with Gasteiger partial charge in [-0.25, -0.2) is 0 Å². The van der Waals surface area contributed by atoms with E-state index in [1.165, 1.54) is 25.7 Å². The van der Waals surface area contributed by atoms with Crippen LogP contribution in [0, 0.1) is 35.0 Å². The van der Waals surface area contributed by atoms with Crippen molar-refractivity contribution in [1.82, 2.24) is 0 Å². The van der Waals surface area contributed by atoms with E-state index in [1.54, 1.807) is 17.3 Å². The summed E-state index contributed by atoms with van der Waals surface area (Å²) in [6.07, 6.45) is 13.7. The van der Waals surface area contributed by atoms with Crippen LogP contribution in [-0.2, 0) is 4.79 Å². The molecule has 0 radical (unpaired) electrons. The minimum absolute atomic E-state index is 0.249. The summed E-state index contributed by atoms with van der Waals surface area (Å²) in [6.45, 7) is 4.45. The average Bonchev–Trinajstić information content (AvgIpc) is 2.91. The number of hydrogen-bond acceptors (Lipinski definition) is 3. The van der Waals surface area contributed by atoms with Crippen LogP contribution in [0.1, 0.15) is 65.2 Å². The highest BCUT2D eigenvalue weighted by Gasteiger charge is 2.57. The van der Waals surface area contributed by atoms with Crippen LogP contribution in [0.25, 0.3) is 0 Å². The third-order valence-corrected chi connectivity index (χ3v) is 8.97. The molecule has 0 aliphatic heterocycles. The maximum atomic E-state index is 12.7. The van der Waals surface area contributed by atoms with Crippen molar-refractivity contribution >= 4 is 17.5 Å². The van der Waals surface area contributed by atoms with Gasteiger partial charge in [0.1, 0.15) is 5.78 Å². The van der Waals surface area contributed by atoms with E-state index < -0.39 is 5.60 Å². The minimum atomic E-state index is -0.485. The van der Waals surface area contributed by atoms with E-state index in [1.807, 2.05) is 6.92 Å². The molecule has 4 aliphatic carbocycles. The van der Waals surface area contributed by atoms with Crippen molar-refractivity contribution in [2.45, 2.75) is 70.8 Å². The molecule has 0 amide bonds. The van der Waals surface area contributed by atoms with Gasteiger partial charge in [0.05, 0.1) is 11.4 Å². The molecule has 25 heavy (non-hydrogen) atoms. The Hall–Kier alpha value is -0.280. The van der Waals surface area contributed by atoms with E-state index in [9.17, 15) is 9.90 Å². The van der Waals surface area contributed by atoms with Crippen molar-refractivity contribution in [2.24, 2.45) is 35.0 Å². The molecule has 0 bridgehead atoms. The Morgan fingerprint density at radius 2 is 2.00 bits per heavy atom. The number of Topliss-reactive ketones (excluding diaryl/α,β-unsaturated/α-hetero) is 1. The first-order chi connectivity index (χ1) is 11.9. The van der Waals surface area contributed by atoms with Crippen LogP contribution >= 0.6 is 11.8 Å². The van der Waals surface area contributed by atoms with E-state index in [4.69, 9.17) is 0 Å². The van der Waals surface area contributed by atoms with Crippen LogP contribution in [0.4, 0.5) is 0 Å². The predicted molar refractivity (Wildman–Crippen MR) is 105 cm³/mol. The van der Waals surface area contributed by atoms with Gasteiger partial charge in [0.2, 0.25) is 0 Å². The molecule has 0 aromatic heterocycles. The van der Waals surface area contributed by atoms with Gasteiger partial charge in [-0.1, -0.05) is 18.6 Å². The molecule has 3 saturated carbocycles. The number of carbonyl (C=O) groups excluding carboxylic acids is 1. The van der Waals surface area contributed by atoms with Crippen LogP contribution in [0.2, 0.25) is 0 Å². The maximum Gasteiger partial charge on any atom is 0.146 e. The molecule has 0 unspecified atom stereocenters. The number of allylic oxidation sites excluding steroid dienone is 1. The fourth-order valence-electron chi connectivity index (χ4n) is 7.24. The number of hydrogen-bond donors (Lipinski definition) is 1. The lowest BCUT2D eigenvalue weighted by atomic mass is 9.51. The largest absolute Gasteiger partial charge is 0.390 e. The lowest BCUT2D eigenvalue weighted by Crippen LogP contribution is -2.48. The standard InChI is InChI=1S/C22H34O2S/c1-21(24)10-8-15-14(12-21)4-5-17-16(15)9-11-22(2)18(17)6-7-19(22)20(23)13-25-3/h4,15-19,24H,5-13H2,1-3H3/t15-,16+,17+,18-,19+,21-,22-/m0/s1. The third kappa shape index (κ3) is 2.94. The van der Waals surface area contributed by atoms with Crippen molar-refractivity contribution in [3.63, 3.8) is 0 Å². The molecule has 0 aromatic rings. The van der Waals surface area contributed by atoms with E-state index in [0.717, 1.165) is 43.4 Å². The molecule has 1 N–H and O–H groups in total. The van der Waals surface area contributed by atoms with Crippen LogP contribution in [0.3, 0.4) is 0 Å². The Labute approximate surface area is 157 Å². The molecule has 0 aromatic carbocycles. The first-order valence-electron chi connectivity index (χ1n) is 10.3. The van der Waals surface area contributed by atoms with Gasteiger partial charge in [-0.15, -0.1) is 0 Å². The van der Waals surface area contributed by atoms with Gasteiger partial charge in [0, 0.05) is 5.92 Å². The molecule has 3 fully saturated rings. The predicted octanol–water partition coefficient (Wildman–Crippen LogP) is 4.86. The van der Waals surface area contributed by atoms with Crippen LogP contribution in [0.15, 0.2) is 11.6 Å². The zero-order chi connectivity index (χ0) is 17.8. The van der Waals surface area contributed by atoms with Crippen molar-refractivity contribution in [3.05, 3.63) is 11.6 Å². The molecule has 4 rings (SSSR count). The van der Waals surface area contributed by atoms with Gasteiger partial charge in [0.15, 0.2) is 0 Å². The Bertz CT molecular complexity index is 581. The monoisotopic (exact) mass is 362 g/mol. The Morgan fingerprint density at radius 1 is 1.20 bits per heavy atom. The summed E-state index contributed by atoms with van der Waals surface area (Å²) in [5.74, 6) is 4.56. The second kappa shape index (κ2) is 6.41. The Balaban J connectivity index is 1.56. The van der Waals surface area contributed by atoms with Gasteiger partial charge >= 0.3 is 0 Å². The first kappa shape index (κ1) is 18.1. The lowest BCUT2D eigenvalue weighted by Gasteiger charge is -2.54. The molecule has 140 valence electrons. The number of carbonyl (C=O) groups is 1. The number of rotatable bonds is 3. The Kier molecular flexibility index (Phi) is 4.64. The molecule has 0 heterocycles. The maximum absolute atomic E-state index is 12.7. The van der Waals surface area contributed by atoms with Crippen molar-refractivity contribution in [3.8, 4) is 0 Å². The van der Waals surface area contributed by atoms with Gasteiger partial charge in [-0.3, -0.25) is 4.79 Å². The van der Waals surface area contributed by atoms with E-state index >= 15 is 0 Å². The van der Waals surface area contributed by atoms with Gasteiger partial charge < -0.3 is 5.11 Å². The van der Waals surface area contributed by atoms with Crippen molar-refractivity contribution in [2.75, 3.05) is 12.0 Å². The number of thioether (sulfide) groups is 1. The van der Waals surface area contributed by atoms with Crippen LogP contribution in [0.5, 0.6) is 0 Å². The second-order valence-corrected chi connectivity index (χ2v) is 10.7. The summed E-state index contributed by atoms with van der Waals surface area (Å²) in [4.78, 5) is 12.7. The minimum Gasteiger partial charge on any atom is -0.390 e. The van der Waals surface area contributed by atoms with E-state index in [-0.39, 0.29) is 5.41 Å². The molecule has 4 aliphatic rings. The molecule has 2 nitrogen and oxygen atoms in total. The number of fused-ring (bicyclic) bond motifs is 5. The molecule has 3 heteroatoms. The summed E-state index contributed by atoms with van der Waals surface area (Å²) in [7, 11) is 0. The summed E-state index contributed by atoms with van der Waals surface area (Å²) >= 11 is 1.69. The van der Waals surface area contributed by atoms with E-state index in [2.05, 4.69) is 19.3 Å². The normalized spacial score (nSPS) is 49.0.